The van der Waals surface area contributed by atoms with Crippen LogP contribution in [0.4, 0.5) is 10.5 Å². The van der Waals surface area contributed by atoms with Crippen molar-refractivity contribution in [3.8, 4) is 0 Å². The molecule has 0 radical (unpaired) electrons. The van der Waals surface area contributed by atoms with Gasteiger partial charge in [-0.1, -0.05) is 18.2 Å². The van der Waals surface area contributed by atoms with Gasteiger partial charge in [-0.05, 0) is 12.1 Å². The Hall–Kier alpha value is -2.24. The number of anilines is 1. The minimum Gasteiger partial charge on any atom is -0.394 e. The second kappa shape index (κ2) is 8.74. The van der Waals surface area contributed by atoms with Crippen LogP contribution in [0.25, 0.3) is 0 Å². The molecule has 1 heterocycles. The van der Waals surface area contributed by atoms with Crippen LogP contribution >= 0.6 is 0 Å². The van der Waals surface area contributed by atoms with Crippen LogP contribution in [0, 0.1) is 0 Å². The third kappa shape index (κ3) is 5.11. The largest absolute Gasteiger partial charge is 0.430 e. The van der Waals surface area contributed by atoms with Gasteiger partial charge in [0.05, 0.1) is 12.6 Å². The SMILES string of the molecule is CC(=O)N[C@@H]1[C@@H](O)[C@@H](O)[C@@H](CO)O[C@@H]1NOC(=O)Nc1ccccc1. The van der Waals surface area contributed by atoms with E-state index in [2.05, 4.69) is 16.1 Å². The predicted octanol–water partition coefficient (Wildman–Crippen LogP) is -1.32. The zero-order valence-corrected chi connectivity index (χ0v) is 13.5. The molecular weight excluding hydrogens is 334 g/mol. The lowest BCUT2D eigenvalue weighted by molar-refractivity contribution is -0.221. The summed E-state index contributed by atoms with van der Waals surface area (Å²) < 4.78 is 5.34. The molecule has 25 heavy (non-hydrogen) atoms. The average molecular weight is 355 g/mol. The summed E-state index contributed by atoms with van der Waals surface area (Å²) in [6.45, 7) is 0.649. The Kier molecular flexibility index (Phi) is 6.67. The van der Waals surface area contributed by atoms with Gasteiger partial charge in [0.1, 0.15) is 18.3 Å². The summed E-state index contributed by atoms with van der Waals surface area (Å²) in [5.74, 6) is -0.483. The maximum Gasteiger partial charge on any atom is 0.430 e. The second-order valence-corrected chi connectivity index (χ2v) is 5.48. The number of hydroxylamine groups is 1. The molecular formula is C15H21N3O7. The zero-order chi connectivity index (χ0) is 18.4. The lowest BCUT2D eigenvalue weighted by atomic mass is 9.96. The lowest BCUT2D eigenvalue weighted by Crippen LogP contribution is -2.67. The Morgan fingerprint density at radius 2 is 1.88 bits per heavy atom. The number of carbonyl (C=O) groups excluding carboxylic acids is 2. The number of aliphatic hydroxyl groups is 3. The fourth-order valence-electron chi connectivity index (χ4n) is 2.39. The number of carbonyl (C=O) groups is 2. The minimum atomic E-state index is -1.44. The van der Waals surface area contributed by atoms with Crippen LogP contribution < -0.4 is 16.1 Å². The van der Waals surface area contributed by atoms with Gasteiger partial charge in [0.2, 0.25) is 5.91 Å². The van der Waals surface area contributed by atoms with E-state index in [-0.39, 0.29) is 0 Å². The summed E-state index contributed by atoms with van der Waals surface area (Å²) in [4.78, 5) is 27.9. The van der Waals surface area contributed by atoms with E-state index >= 15 is 0 Å². The van der Waals surface area contributed by atoms with E-state index in [0.717, 1.165) is 0 Å². The number of aliphatic hydroxyl groups excluding tert-OH is 3. The van der Waals surface area contributed by atoms with Crippen molar-refractivity contribution >= 4 is 17.7 Å². The van der Waals surface area contributed by atoms with Crippen LogP contribution in [0.2, 0.25) is 0 Å². The molecule has 2 amide bonds. The highest BCUT2D eigenvalue weighted by Crippen LogP contribution is 2.20. The number of nitrogens with one attached hydrogen (secondary N) is 3. The molecule has 0 aliphatic carbocycles. The smallest absolute Gasteiger partial charge is 0.394 e. The van der Waals surface area contributed by atoms with E-state index in [9.17, 15) is 24.9 Å². The molecule has 1 aliphatic rings. The van der Waals surface area contributed by atoms with Gasteiger partial charge in [-0.25, -0.2) is 4.79 Å². The van der Waals surface area contributed by atoms with Gasteiger partial charge in [0.15, 0.2) is 6.23 Å². The van der Waals surface area contributed by atoms with Crippen LogP contribution in [-0.2, 0) is 14.4 Å². The first-order chi connectivity index (χ1) is 11.9. The van der Waals surface area contributed by atoms with Gasteiger partial charge >= 0.3 is 6.09 Å². The van der Waals surface area contributed by atoms with Crippen molar-refractivity contribution in [3.63, 3.8) is 0 Å². The van der Waals surface area contributed by atoms with Crippen LogP contribution in [0.15, 0.2) is 30.3 Å². The van der Waals surface area contributed by atoms with Crippen LogP contribution in [-0.4, -0.2) is 64.5 Å². The number of para-hydroxylation sites is 1. The third-order valence-corrected chi connectivity index (χ3v) is 3.58. The monoisotopic (exact) mass is 355 g/mol. The van der Waals surface area contributed by atoms with Crippen molar-refractivity contribution < 1.29 is 34.5 Å². The number of ether oxygens (including phenoxy) is 1. The van der Waals surface area contributed by atoms with Gasteiger partial charge < -0.3 is 30.2 Å². The molecule has 1 saturated heterocycles. The van der Waals surface area contributed by atoms with Crippen molar-refractivity contribution in [2.75, 3.05) is 11.9 Å². The van der Waals surface area contributed by atoms with E-state index in [1.165, 1.54) is 6.92 Å². The van der Waals surface area contributed by atoms with Gasteiger partial charge in [0.25, 0.3) is 0 Å². The molecule has 0 saturated carbocycles. The summed E-state index contributed by atoms with van der Waals surface area (Å²) in [7, 11) is 0. The van der Waals surface area contributed by atoms with Crippen LogP contribution in [0.3, 0.4) is 0 Å². The predicted molar refractivity (Wildman–Crippen MR) is 85.0 cm³/mol. The first kappa shape index (κ1) is 19.1. The molecule has 0 aromatic heterocycles. The van der Waals surface area contributed by atoms with Crippen LogP contribution in [0.5, 0.6) is 0 Å². The van der Waals surface area contributed by atoms with Crippen molar-refractivity contribution in [2.45, 2.75) is 37.5 Å². The van der Waals surface area contributed by atoms with Gasteiger partial charge in [-0.15, -0.1) is 5.48 Å². The van der Waals surface area contributed by atoms with E-state index in [4.69, 9.17) is 9.57 Å². The summed E-state index contributed by atoms with van der Waals surface area (Å²) in [5, 5.41) is 34.0. The number of rotatable bonds is 5. The molecule has 5 atom stereocenters. The molecule has 1 aliphatic heterocycles. The van der Waals surface area contributed by atoms with Crippen LogP contribution in [0.1, 0.15) is 6.92 Å². The van der Waals surface area contributed by atoms with Gasteiger partial charge in [-0.3, -0.25) is 10.1 Å². The Bertz CT molecular complexity index is 586. The lowest BCUT2D eigenvalue weighted by Gasteiger charge is -2.42. The molecule has 6 N–H and O–H groups in total. The van der Waals surface area contributed by atoms with Crippen molar-refractivity contribution in [1.29, 1.82) is 0 Å². The number of benzene rings is 1. The number of hydrogen-bond acceptors (Lipinski definition) is 8. The van der Waals surface area contributed by atoms with E-state index in [1.807, 2.05) is 0 Å². The number of amides is 2. The normalized spacial score (nSPS) is 28.9. The highest BCUT2D eigenvalue weighted by molar-refractivity contribution is 5.84. The quantitative estimate of drug-likeness (QED) is 0.356. The molecule has 10 heteroatoms. The molecule has 10 nitrogen and oxygen atoms in total. The first-order valence-electron chi connectivity index (χ1n) is 7.60. The maximum absolute atomic E-state index is 11.8. The average Bonchev–Trinajstić information content (AvgIpc) is 2.59. The maximum atomic E-state index is 11.8. The second-order valence-electron chi connectivity index (χ2n) is 5.48. The topological polar surface area (TPSA) is 149 Å². The van der Waals surface area contributed by atoms with E-state index < -0.39 is 49.2 Å². The van der Waals surface area contributed by atoms with Crippen molar-refractivity contribution in [3.05, 3.63) is 30.3 Å². The molecule has 0 spiro atoms. The van der Waals surface area contributed by atoms with E-state index in [0.29, 0.717) is 5.69 Å². The van der Waals surface area contributed by atoms with E-state index in [1.54, 1.807) is 30.3 Å². The molecule has 0 bridgehead atoms. The van der Waals surface area contributed by atoms with Gasteiger partial charge in [0, 0.05) is 12.6 Å². The zero-order valence-electron chi connectivity index (χ0n) is 13.5. The molecule has 1 aromatic rings. The fraction of sp³-hybridized carbons (Fsp3) is 0.467. The molecule has 138 valence electrons. The minimum absolute atomic E-state index is 0.483. The Labute approximate surface area is 143 Å². The molecule has 0 unspecified atom stereocenters. The Balaban J connectivity index is 1.98. The standard InChI is InChI=1S/C15H21N3O7/c1-8(20)16-11-13(22)12(21)10(7-19)24-14(11)18-25-15(23)17-9-5-3-2-4-6-9/h2-6,10-14,18-19,21-22H,7H2,1H3,(H,16,20)(H,17,23)/t10-,11-,12+,13-,14+/m1/s1. The molecule has 1 aromatic carbocycles. The summed E-state index contributed by atoms with van der Waals surface area (Å²) in [6, 6.07) is 7.44. The molecule has 1 fully saturated rings. The fourth-order valence-corrected chi connectivity index (χ4v) is 2.39. The third-order valence-electron chi connectivity index (χ3n) is 3.58. The summed E-state index contributed by atoms with van der Waals surface area (Å²) in [6.07, 6.45) is -6.00. The first-order valence-corrected chi connectivity index (χ1v) is 7.60. The highest BCUT2D eigenvalue weighted by atomic mass is 16.7. The Morgan fingerprint density at radius 1 is 1.20 bits per heavy atom. The number of hydrogen-bond donors (Lipinski definition) is 6. The molecule has 2 rings (SSSR count). The van der Waals surface area contributed by atoms with Crippen molar-refractivity contribution in [1.82, 2.24) is 10.8 Å². The Morgan fingerprint density at radius 3 is 2.48 bits per heavy atom. The van der Waals surface area contributed by atoms with Gasteiger partial charge in [-0.2, -0.15) is 0 Å². The summed E-state index contributed by atoms with van der Waals surface area (Å²) >= 11 is 0. The van der Waals surface area contributed by atoms with Crippen molar-refractivity contribution in [2.24, 2.45) is 0 Å². The highest BCUT2D eigenvalue weighted by Gasteiger charge is 2.45. The summed E-state index contributed by atoms with van der Waals surface area (Å²) in [5.41, 5.74) is 2.78.